The second-order valence-corrected chi connectivity index (χ2v) is 4.17. The lowest BCUT2D eigenvalue weighted by molar-refractivity contribution is -0.387. The van der Waals surface area contributed by atoms with E-state index in [4.69, 9.17) is 4.74 Å². The minimum absolute atomic E-state index is 0.00578. The fourth-order valence-electron chi connectivity index (χ4n) is 1.69. The number of carbonyl (C=O) groups excluding carboxylic acids is 1. The van der Waals surface area contributed by atoms with E-state index in [9.17, 15) is 23.7 Å². The van der Waals surface area contributed by atoms with Gasteiger partial charge in [0.15, 0.2) is 5.78 Å². The Morgan fingerprint density at radius 2 is 1.90 bits per heavy atom. The molecule has 0 aliphatic carbocycles. The molecule has 0 bridgehead atoms. The van der Waals surface area contributed by atoms with Gasteiger partial charge in [0.25, 0.3) is 0 Å². The van der Waals surface area contributed by atoms with E-state index in [1.165, 1.54) is 19.1 Å². The number of ether oxygens (including phenoxy) is 1. The molecule has 0 fully saturated rings. The molecule has 21 heavy (non-hydrogen) atoms. The third-order valence-electron chi connectivity index (χ3n) is 2.66. The minimum atomic E-state index is -1.07. The lowest BCUT2D eigenvalue weighted by atomic mass is 10.1. The van der Waals surface area contributed by atoms with E-state index in [-0.39, 0.29) is 17.1 Å². The molecular formula is C14H9F2NO4. The van der Waals surface area contributed by atoms with Crippen molar-refractivity contribution in [3.63, 3.8) is 0 Å². The molecule has 0 spiro atoms. The smallest absolute Gasteiger partial charge is 0.305 e. The fraction of sp³-hybridized carbons (Fsp3) is 0.0714. The largest absolute Gasteiger partial charge is 0.456 e. The molecule has 0 aliphatic heterocycles. The highest BCUT2D eigenvalue weighted by atomic mass is 19.1. The predicted molar refractivity (Wildman–Crippen MR) is 69.5 cm³/mol. The monoisotopic (exact) mass is 293 g/mol. The van der Waals surface area contributed by atoms with Crippen molar-refractivity contribution >= 4 is 11.5 Å². The summed E-state index contributed by atoms with van der Waals surface area (Å²) in [5, 5.41) is 10.5. The first-order valence-electron chi connectivity index (χ1n) is 5.81. The standard InChI is InChI=1S/C14H9F2NO4/c1-8(18)11-6-9(15)2-5-14(11)21-10-3-4-13(17(19)20)12(16)7-10/h2-7H,1H3. The zero-order chi connectivity index (χ0) is 15.6. The molecule has 0 atom stereocenters. The Morgan fingerprint density at radius 3 is 2.48 bits per heavy atom. The molecule has 0 aromatic heterocycles. The summed E-state index contributed by atoms with van der Waals surface area (Å²) >= 11 is 0. The van der Waals surface area contributed by atoms with Gasteiger partial charge in [-0.05, 0) is 31.2 Å². The fourth-order valence-corrected chi connectivity index (χ4v) is 1.69. The van der Waals surface area contributed by atoms with Crippen LogP contribution in [-0.2, 0) is 0 Å². The highest BCUT2D eigenvalue weighted by Crippen LogP contribution is 2.29. The average molecular weight is 293 g/mol. The number of nitrogens with zero attached hydrogens (tertiary/aromatic N) is 1. The number of hydrogen-bond donors (Lipinski definition) is 0. The summed E-state index contributed by atoms with van der Waals surface area (Å²) in [6.45, 7) is 1.23. The summed E-state index contributed by atoms with van der Waals surface area (Å²) < 4.78 is 31.9. The highest BCUT2D eigenvalue weighted by molar-refractivity contribution is 5.96. The first-order valence-corrected chi connectivity index (χ1v) is 5.81. The van der Waals surface area contributed by atoms with Gasteiger partial charge in [-0.25, -0.2) is 4.39 Å². The number of rotatable bonds is 4. The Hall–Kier alpha value is -2.83. The molecule has 0 heterocycles. The molecule has 2 aromatic carbocycles. The third-order valence-corrected chi connectivity index (χ3v) is 2.66. The van der Waals surface area contributed by atoms with E-state index in [2.05, 4.69) is 0 Å². The number of Topliss-reactive ketones (excluding diaryl/α,β-unsaturated/α-hetero) is 1. The lowest BCUT2D eigenvalue weighted by Crippen LogP contribution is -1.99. The number of benzene rings is 2. The quantitative estimate of drug-likeness (QED) is 0.487. The SMILES string of the molecule is CC(=O)c1cc(F)ccc1Oc1ccc([N+](=O)[O-])c(F)c1. The number of halogens is 2. The van der Waals surface area contributed by atoms with Crippen molar-refractivity contribution in [1.29, 1.82) is 0 Å². The molecular weight excluding hydrogens is 284 g/mol. The van der Waals surface area contributed by atoms with E-state index in [1.807, 2.05) is 0 Å². The maximum Gasteiger partial charge on any atom is 0.305 e. The van der Waals surface area contributed by atoms with Gasteiger partial charge in [0.05, 0.1) is 10.5 Å². The van der Waals surface area contributed by atoms with Crippen LogP contribution in [0.2, 0.25) is 0 Å². The Morgan fingerprint density at radius 1 is 1.19 bits per heavy atom. The number of carbonyl (C=O) groups is 1. The van der Waals surface area contributed by atoms with Crippen LogP contribution in [0.25, 0.3) is 0 Å². The van der Waals surface area contributed by atoms with Gasteiger partial charge < -0.3 is 4.74 Å². The summed E-state index contributed by atoms with van der Waals surface area (Å²) in [7, 11) is 0. The molecule has 0 saturated heterocycles. The first kappa shape index (κ1) is 14.6. The Balaban J connectivity index is 2.37. The van der Waals surface area contributed by atoms with Crippen LogP contribution in [0.1, 0.15) is 17.3 Å². The molecule has 0 amide bonds. The van der Waals surface area contributed by atoms with Crippen LogP contribution in [0.4, 0.5) is 14.5 Å². The van der Waals surface area contributed by atoms with Crippen LogP contribution in [0.15, 0.2) is 36.4 Å². The van der Waals surface area contributed by atoms with Gasteiger partial charge in [0, 0.05) is 12.1 Å². The van der Waals surface area contributed by atoms with Crippen LogP contribution in [0.5, 0.6) is 11.5 Å². The second kappa shape index (κ2) is 5.66. The van der Waals surface area contributed by atoms with E-state index in [0.717, 1.165) is 24.3 Å². The molecule has 0 N–H and O–H groups in total. The number of nitro benzene ring substituents is 1. The average Bonchev–Trinajstić information content (AvgIpc) is 2.40. The topological polar surface area (TPSA) is 69.4 Å². The number of ketones is 1. The molecule has 0 aliphatic rings. The number of hydrogen-bond acceptors (Lipinski definition) is 4. The lowest BCUT2D eigenvalue weighted by Gasteiger charge is -2.09. The molecule has 2 aromatic rings. The van der Waals surface area contributed by atoms with Gasteiger partial charge in [-0.2, -0.15) is 4.39 Å². The molecule has 2 rings (SSSR count). The third kappa shape index (κ3) is 3.19. The van der Waals surface area contributed by atoms with Gasteiger partial charge in [-0.3, -0.25) is 14.9 Å². The molecule has 7 heteroatoms. The summed E-state index contributed by atoms with van der Waals surface area (Å²) in [6.07, 6.45) is 0. The predicted octanol–water partition coefficient (Wildman–Crippen LogP) is 3.87. The molecule has 108 valence electrons. The normalized spacial score (nSPS) is 10.2. The zero-order valence-electron chi connectivity index (χ0n) is 10.8. The van der Waals surface area contributed by atoms with Crippen LogP contribution in [0, 0.1) is 21.7 Å². The number of nitro groups is 1. The molecule has 0 saturated carbocycles. The molecule has 0 unspecified atom stereocenters. The Bertz CT molecular complexity index is 731. The first-order chi connectivity index (χ1) is 9.88. The van der Waals surface area contributed by atoms with Crippen molar-refractivity contribution in [1.82, 2.24) is 0 Å². The van der Waals surface area contributed by atoms with Crippen LogP contribution in [-0.4, -0.2) is 10.7 Å². The van der Waals surface area contributed by atoms with Crippen LogP contribution < -0.4 is 4.74 Å². The Kier molecular flexibility index (Phi) is 3.93. The van der Waals surface area contributed by atoms with E-state index >= 15 is 0 Å². The van der Waals surface area contributed by atoms with Crippen LogP contribution in [0.3, 0.4) is 0 Å². The summed E-state index contributed by atoms with van der Waals surface area (Å²) in [5.74, 6) is -2.09. The van der Waals surface area contributed by atoms with Gasteiger partial charge in [0.1, 0.15) is 17.3 Å². The maximum atomic E-state index is 13.5. The zero-order valence-corrected chi connectivity index (χ0v) is 10.8. The van der Waals surface area contributed by atoms with Crippen LogP contribution >= 0.6 is 0 Å². The van der Waals surface area contributed by atoms with Crippen molar-refractivity contribution < 1.29 is 23.2 Å². The molecule has 0 radical (unpaired) electrons. The second-order valence-electron chi connectivity index (χ2n) is 4.17. The van der Waals surface area contributed by atoms with Gasteiger partial charge >= 0.3 is 5.69 Å². The molecule has 5 nitrogen and oxygen atoms in total. The maximum absolute atomic E-state index is 13.5. The summed E-state index contributed by atoms with van der Waals surface area (Å²) in [5.41, 5.74) is -0.693. The van der Waals surface area contributed by atoms with Gasteiger partial charge in [-0.1, -0.05) is 0 Å². The van der Waals surface area contributed by atoms with Crippen molar-refractivity contribution in [2.75, 3.05) is 0 Å². The van der Waals surface area contributed by atoms with Gasteiger partial charge in [0.2, 0.25) is 5.82 Å². The van der Waals surface area contributed by atoms with E-state index in [1.54, 1.807) is 0 Å². The van der Waals surface area contributed by atoms with Crippen molar-refractivity contribution in [2.24, 2.45) is 0 Å². The highest BCUT2D eigenvalue weighted by Gasteiger charge is 2.16. The van der Waals surface area contributed by atoms with E-state index in [0.29, 0.717) is 0 Å². The minimum Gasteiger partial charge on any atom is -0.456 e. The van der Waals surface area contributed by atoms with Gasteiger partial charge in [-0.15, -0.1) is 0 Å². The summed E-state index contributed by atoms with van der Waals surface area (Å²) in [4.78, 5) is 21.1. The van der Waals surface area contributed by atoms with Crippen molar-refractivity contribution in [3.05, 3.63) is 63.7 Å². The van der Waals surface area contributed by atoms with Crippen molar-refractivity contribution in [2.45, 2.75) is 6.92 Å². The summed E-state index contributed by atoms with van der Waals surface area (Å²) in [6, 6.07) is 6.27. The Labute approximate surface area is 117 Å². The van der Waals surface area contributed by atoms with Crippen molar-refractivity contribution in [3.8, 4) is 11.5 Å². The van der Waals surface area contributed by atoms with E-state index < -0.39 is 28.0 Å².